The summed E-state index contributed by atoms with van der Waals surface area (Å²) in [6.45, 7) is 0. The number of rotatable bonds is 3. The van der Waals surface area contributed by atoms with Crippen molar-refractivity contribution in [1.82, 2.24) is 5.01 Å². The summed E-state index contributed by atoms with van der Waals surface area (Å²) in [6.07, 6.45) is -3.58. The Labute approximate surface area is 166 Å². The molecule has 0 radical (unpaired) electrons. The lowest BCUT2D eigenvalue weighted by Gasteiger charge is -2.23. The van der Waals surface area contributed by atoms with Crippen molar-refractivity contribution in [2.75, 3.05) is 0 Å². The largest absolute Gasteiger partial charge is 0.416 e. The van der Waals surface area contributed by atoms with Gasteiger partial charge in [0.1, 0.15) is 0 Å². The number of hydrogen-bond donors (Lipinski definition) is 0. The fourth-order valence-corrected chi connectivity index (χ4v) is 3.25. The van der Waals surface area contributed by atoms with E-state index in [0.717, 1.165) is 24.4 Å². The van der Waals surface area contributed by atoms with Gasteiger partial charge in [-0.2, -0.15) is 23.3 Å². The molecule has 1 heterocycles. The Hall–Kier alpha value is -4.08. The lowest BCUT2D eigenvalue weighted by Crippen LogP contribution is -2.36. The summed E-state index contributed by atoms with van der Waals surface area (Å²) in [5.41, 5.74) is -1.04. The van der Waals surface area contributed by atoms with Crippen LogP contribution in [-0.2, 0) is 6.18 Å². The van der Waals surface area contributed by atoms with Crippen molar-refractivity contribution in [3.8, 4) is 0 Å². The van der Waals surface area contributed by atoms with E-state index in [1.807, 2.05) is 0 Å². The molecule has 0 aliphatic carbocycles. The summed E-state index contributed by atoms with van der Waals surface area (Å²) in [5, 5.41) is 15.9. The SMILES string of the molecule is O=C1c2cccc3c([N+](=O)[O-])ccc(c23)C(=O)N1N=Cc1cccc(C(F)(F)F)c1. The number of alkyl halides is 3. The van der Waals surface area contributed by atoms with Crippen molar-refractivity contribution >= 4 is 34.5 Å². The molecular weight excluding hydrogens is 403 g/mol. The Morgan fingerprint density at radius 2 is 1.63 bits per heavy atom. The number of carbonyl (C=O) groups is 2. The lowest BCUT2D eigenvalue weighted by molar-refractivity contribution is -0.383. The third-order valence-corrected chi connectivity index (χ3v) is 4.60. The van der Waals surface area contributed by atoms with Crippen LogP contribution in [0.2, 0.25) is 0 Å². The van der Waals surface area contributed by atoms with Gasteiger partial charge < -0.3 is 0 Å². The lowest BCUT2D eigenvalue weighted by atomic mass is 9.94. The molecule has 0 saturated heterocycles. The topological polar surface area (TPSA) is 92.9 Å². The van der Waals surface area contributed by atoms with Gasteiger partial charge in [0.05, 0.1) is 33.2 Å². The molecule has 0 spiro atoms. The second-order valence-electron chi connectivity index (χ2n) is 6.41. The highest BCUT2D eigenvalue weighted by atomic mass is 19.4. The molecule has 3 aromatic rings. The van der Waals surface area contributed by atoms with Crippen molar-refractivity contribution in [2.24, 2.45) is 5.10 Å². The molecule has 7 nitrogen and oxygen atoms in total. The first-order valence-electron chi connectivity index (χ1n) is 8.48. The quantitative estimate of drug-likeness (QED) is 0.275. The fourth-order valence-electron chi connectivity index (χ4n) is 3.25. The average molecular weight is 413 g/mol. The van der Waals surface area contributed by atoms with Crippen LogP contribution in [0.5, 0.6) is 0 Å². The summed E-state index contributed by atoms with van der Waals surface area (Å²) in [4.78, 5) is 36.2. The molecule has 0 aromatic heterocycles. The van der Waals surface area contributed by atoms with Crippen molar-refractivity contribution in [3.05, 3.63) is 87.0 Å². The van der Waals surface area contributed by atoms with Gasteiger partial charge in [0.25, 0.3) is 17.5 Å². The normalized spacial score (nSPS) is 14.0. The van der Waals surface area contributed by atoms with Crippen LogP contribution in [0.25, 0.3) is 10.8 Å². The van der Waals surface area contributed by atoms with Crippen LogP contribution in [-0.4, -0.2) is 28.0 Å². The van der Waals surface area contributed by atoms with Gasteiger partial charge in [-0.3, -0.25) is 19.7 Å². The van der Waals surface area contributed by atoms with Crippen LogP contribution in [0.1, 0.15) is 31.8 Å². The highest BCUT2D eigenvalue weighted by Gasteiger charge is 2.35. The van der Waals surface area contributed by atoms with E-state index in [4.69, 9.17) is 0 Å². The molecular formula is C20H10F3N3O4. The Morgan fingerprint density at radius 1 is 0.967 bits per heavy atom. The number of hydrazone groups is 1. The molecule has 0 fully saturated rings. The molecule has 4 rings (SSSR count). The van der Waals surface area contributed by atoms with Crippen LogP contribution >= 0.6 is 0 Å². The van der Waals surface area contributed by atoms with Gasteiger partial charge in [-0.25, -0.2) is 0 Å². The average Bonchev–Trinajstić information content (AvgIpc) is 2.71. The second-order valence-corrected chi connectivity index (χ2v) is 6.41. The Bertz CT molecular complexity index is 1250. The minimum absolute atomic E-state index is 0.0343. The van der Waals surface area contributed by atoms with E-state index in [0.29, 0.717) is 5.01 Å². The summed E-state index contributed by atoms with van der Waals surface area (Å²) < 4.78 is 38.6. The number of halogens is 3. The molecule has 0 unspecified atom stereocenters. The van der Waals surface area contributed by atoms with E-state index in [9.17, 15) is 32.9 Å². The molecule has 30 heavy (non-hydrogen) atoms. The van der Waals surface area contributed by atoms with Crippen LogP contribution in [0, 0.1) is 10.1 Å². The minimum atomic E-state index is -4.55. The number of amides is 2. The number of nitrogens with zero attached hydrogens (tertiary/aromatic N) is 3. The monoisotopic (exact) mass is 413 g/mol. The molecule has 1 aliphatic heterocycles. The van der Waals surface area contributed by atoms with Gasteiger partial charge in [0.2, 0.25) is 0 Å². The van der Waals surface area contributed by atoms with E-state index in [2.05, 4.69) is 5.10 Å². The van der Waals surface area contributed by atoms with Crippen LogP contribution < -0.4 is 0 Å². The third-order valence-electron chi connectivity index (χ3n) is 4.60. The van der Waals surface area contributed by atoms with Crippen molar-refractivity contribution in [1.29, 1.82) is 0 Å². The smallest absolute Gasteiger partial charge is 0.267 e. The zero-order chi connectivity index (χ0) is 21.6. The zero-order valence-electron chi connectivity index (χ0n) is 14.9. The van der Waals surface area contributed by atoms with E-state index < -0.39 is 28.5 Å². The molecule has 10 heteroatoms. The van der Waals surface area contributed by atoms with E-state index >= 15 is 0 Å². The molecule has 150 valence electrons. The number of carbonyl (C=O) groups excluding carboxylic acids is 2. The van der Waals surface area contributed by atoms with Gasteiger partial charge in [0.15, 0.2) is 0 Å². The maximum atomic E-state index is 12.9. The molecule has 1 aliphatic rings. The van der Waals surface area contributed by atoms with Crippen molar-refractivity contribution in [2.45, 2.75) is 6.18 Å². The summed E-state index contributed by atoms with van der Waals surface area (Å²) in [5.74, 6) is -1.66. The van der Waals surface area contributed by atoms with Gasteiger partial charge in [0, 0.05) is 11.5 Å². The van der Waals surface area contributed by atoms with Gasteiger partial charge in [-0.1, -0.05) is 18.2 Å². The zero-order valence-corrected chi connectivity index (χ0v) is 14.9. The van der Waals surface area contributed by atoms with E-state index in [1.54, 1.807) is 0 Å². The summed E-state index contributed by atoms with van der Waals surface area (Å²) in [6, 6.07) is 10.9. The second kappa shape index (κ2) is 6.76. The Kier molecular flexibility index (Phi) is 4.34. The first-order valence-corrected chi connectivity index (χ1v) is 8.48. The predicted octanol–water partition coefficient (Wildman–Crippen LogP) is 4.40. The van der Waals surface area contributed by atoms with Gasteiger partial charge in [-0.05, 0) is 35.9 Å². The molecule has 0 atom stereocenters. The third kappa shape index (κ3) is 3.08. The minimum Gasteiger partial charge on any atom is -0.267 e. The molecule has 0 N–H and O–H groups in total. The fraction of sp³-hybridized carbons (Fsp3) is 0.0500. The van der Waals surface area contributed by atoms with Crippen LogP contribution in [0.3, 0.4) is 0 Å². The van der Waals surface area contributed by atoms with Crippen molar-refractivity contribution in [3.63, 3.8) is 0 Å². The number of imide groups is 1. The number of non-ortho nitro benzene ring substituents is 1. The number of nitro groups is 1. The van der Waals surface area contributed by atoms with Gasteiger partial charge in [-0.15, -0.1) is 0 Å². The Balaban J connectivity index is 1.77. The molecule has 0 saturated carbocycles. The Morgan fingerprint density at radius 3 is 2.30 bits per heavy atom. The molecule has 2 amide bonds. The number of nitro benzene ring substituents is 1. The standard InChI is InChI=1S/C20H10F3N3O4/c21-20(22,23)12-4-1-3-11(9-12)10-24-25-18(27)14-6-2-5-13-16(26(29)30)8-7-15(17(13)14)19(25)28/h1-10H. The van der Waals surface area contributed by atoms with Crippen LogP contribution in [0.4, 0.5) is 18.9 Å². The summed E-state index contributed by atoms with van der Waals surface area (Å²) >= 11 is 0. The first kappa shape index (κ1) is 19.2. The maximum absolute atomic E-state index is 12.9. The molecule has 3 aromatic carbocycles. The van der Waals surface area contributed by atoms with E-state index in [1.165, 1.54) is 36.4 Å². The predicted molar refractivity (Wildman–Crippen MR) is 100 cm³/mol. The summed E-state index contributed by atoms with van der Waals surface area (Å²) in [7, 11) is 0. The highest BCUT2D eigenvalue weighted by molar-refractivity contribution is 6.26. The molecule has 0 bridgehead atoms. The number of hydrogen-bond acceptors (Lipinski definition) is 5. The first-order chi connectivity index (χ1) is 14.2. The maximum Gasteiger partial charge on any atom is 0.416 e. The number of benzene rings is 3. The van der Waals surface area contributed by atoms with Crippen molar-refractivity contribution < 1.29 is 27.7 Å². The van der Waals surface area contributed by atoms with Gasteiger partial charge >= 0.3 is 6.18 Å². The highest BCUT2D eigenvalue weighted by Crippen LogP contribution is 2.35. The van der Waals surface area contributed by atoms with E-state index in [-0.39, 0.29) is 33.2 Å². The van der Waals surface area contributed by atoms with Crippen LogP contribution in [0.15, 0.2) is 59.7 Å².